The van der Waals surface area contributed by atoms with Crippen molar-refractivity contribution in [1.29, 1.82) is 0 Å². The number of carbonyl (C=O) groups excluding carboxylic acids is 2. The third kappa shape index (κ3) is 22.1. The summed E-state index contributed by atoms with van der Waals surface area (Å²) in [6.07, 6.45) is 11.5. The summed E-state index contributed by atoms with van der Waals surface area (Å²) in [5, 5.41) is -1.93. The fourth-order valence-corrected chi connectivity index (χ4v) is 4.00. The van der Waals surface area contributed by atoms with Crippen LogP contribution in [0.2, 0.25) is 0 Å². The second kappa shape index (κ2) is 21.2. The Balaban J connectivity index is 0. The molecule has 0 spiro atoms. The Morgan fingerprint density at radius 3 is 1.52 bits per heavy atom. The molecule has 191 valence electrons. The van der Waals surface area contributed by atoms with Crippen LogP contribution in [0, 0.1) is 11.8 Å². The minimum atomic E-state index is -4.75. The molecule has 0 amide bonds. The summed E-state index contributed by atoms with van der Waals surface area (Å²) >= 11 is 0. The van der Waals surface area contributed by atoms with Gasteiger partial charge in [0.15, 0.2) is 5.25 Å². The van der Waals surface area contributed by atoms with E-state index < -0.39 is 33.7 Å². The molecule has 7 nitrogen and oxygen atoms in total. The molecular formula is C24H46NaO7S. The van der Waals surface area contributed by atoms with Gasteiger partial charge in [-0.25, -0.2) is 0 Å². The molecule has 0 saturated heterocycles. The number of unbranched alkanes of at least 4 members (excludes halogenated alkanes) is 8. The van der Waals surface area contributed by atoms with E-state index in [2.05, 4.69) is 27.7 Å². The minimum Gasteiger partial charge on any atom is -0.466 e. The molecule has 0 bridgehead atoms. The molecule has 0 heterocycles. The van der Waals surface area contributed by atoms with Crippen molar-refractivity contribution < 1.29 is 32.0 Å². The molecule has 0 aliphatic rings. The van der Waals surface area contributed by atoms with Gasteiger partial charge in [-0.15, -0.1) is 0 Å². The Morgan fingerprint density at radius 2 is 1.09 bits per heavy atom. The summed E-state index contributed by atoms with van der Waals surface area (Å²) in [5.41, 5.74) is 0. The van der Waals surface area contributed by atoms with Crippen LogP contribution >= 0.6 is 0 Å². The van der Waals surface area contributed by atoms with Gasteiger partial charge >= 0.3 is 11.9 Å². The zero-order valence-corrected chi connectivity index (χ0v) is 24.5. The topological polar surface area (TPSA) is 107 Å². The number of ether oxygens (including phenoxy) is 2. The van der Waals surface area contributed by atoms with Gasteiger partial charge in [0.05, 0.1) is 19.6 Å². The molecule has 0 saturated carbocycles. The molecular weight excluding hydrogens is 455 g/mol. The standard InChI is InChI=1S/C24H46O7S.Na/c1-20(2)15-11-7-5-9-13-17-30-23(25)19-22(32(27,28)29)24(26)31-18-14-10-6-8-12-16-21(3)4;/h20-22H,5-19H2,1-4H3,(H,27,28,29);. The Labute approximate surface area is 224 Å². The molecule has 1 atom stereocenters. The molecule has 1 N–H and O–H groups in total. The van der Waals surface area contributed by atoms with Crippen LogP contribution in [0.1, 0.15) is 111 Å². The molecule has 0 aromatic carbocycles. The first-order valence-electron chi connectivity index (χ1n) is 12.3. The van der Waals surface area contributed by atoms with Crippen molar-refractivity contribution in [1.82, 2.24) is 0 Å². The largest absolute Gasteiger partial charge is 0.466 e. The van der Waals surface area contributed by atoms with Crippen LogP contribution in [0.4, 0.5) is 0 Å². The quantitative estimate of drug-likeness (QED) is 0.104. The summed E-state index contributed by atoms with van der Waals surface area (Å²) < 4.78 is 42.4. The van der Waals surface area contributed by atoms with E-state index in [1.807, 2.05) is 0 Å². The monoisotopic (exact) mass is 501 g/mol. The molecule has 0 aliphatic carbocycles. The van der Waals surface area contributed by atoms with E-state index in [4.69, 9.17) is 9.47 Å². The maximum Gasteiger partial charge on any atom is 0.327 e. The average molecular weight is 502 g/mol. The van der Waals surface area contributed by atoms with Gasteiger partial charge in [0, 0.05) is 29.6 Å². The molecule has 1 unspecified atom stereocenters. The van der Waals surface area contributed by atoms with Gasteiger partial charge in [0.1, 0.15) is 0 Å². The molecule has 0 aromatic rings. The molecule has 1 radical (unpaired) electrons. The van der Waals surface area contributed by atoms with Crippen molar-refractivity contribution in [3.05, 3.63) is 0 Å². The summed E-state index contributed by atoms with van der Waals surface area (Å²) in [5.74, 6) is -0.526. The Bertz CT molecular complexity index is 606. The number of esters is 2. The number of hydrogen-bond acceptors (Lipinski definition) is 6. The smallest absolute Gasteiger partial charge is 0.327 e. The second-order valence-corrected chi connectivity index (χ2v) is 11.1. The minimum absolute atomic E-state index is 0. The maximum atomic E-state index is 12.1. The van der Waals surface area contributed by atoms with Crippen molar-refractivity contribution in [2.24, 2.45) is 11.8 Å². The first-order valence-corrected chi connectivity index (χ1v) is 13.8. The van der Waals surface area contributed by atoms with E-state index in [1.54, 1.807) is 0 Å². The Hall–Kier alpha value is -0.150. The fourth-order valence-electron chi connectivity index (χ4n) is 3.34. The molecule has 0 aromatic heterocycles. The molecule has 33 heavy (non-hydrogen) atoms. The predicted molar refractivity (Wildman–Crippen MR) is 133 cm³/mol. The maximum absolute atomic E-state index is 12.1. The van der Waals surface area contributed by atoms with Crippen molar-refractivity contribution in [2.75, 3.05) is 13.2 Å². The first kappa shape index (κ1) is 35.0. The summed E-state index contributed by atoms with van der Waals surface area (Å²) in [6, 6.07) is 0. The van der Waals surface area contributed by atoms with Crippen LogP contribution in [0.15, 0.2) is 0 Å². The molecule has 9 heteroatoms. The van der Waals surface area contributed by atoms with Gasteiger partial charge in [-0.1, -0.05) is 91.9 Å². The average Bonchev–Trinajstić information content (AvgIpc) is 2.68. The number of hydrogen-bond donors (Lipinski definition) is 1. The van der Waals surface area contributed by atoms with Crippen LogP contribution < -0.4 is 0 Å². The fraction of sp³-hybridized carbons (Fsp3) is 0.917. The molecule has 0 rings (SSSR count). The van der Waals surface area contributed by atoms with Crippen molar-refractivity contribution in [2.45, 2.75) is 116 Å². The summed E-state index contributed by atoms with van der Waals surface area (Å²) in [4.78, 5) is 24.0. The van der Waals surface area contributed by atoms with E-state index in [9.17, 15) is 22.6 Å². The van der Waals surface area contributed by atoms with E-state index in [1.165, 1.54) is 25.7 Å². The number of rotatable bonds is 20. The first-order chi connectivity index (χ1) is 15.0. The van der Waals surface area contributed by atoms with Crippen LogP contribution in [-0.4, -0.2) is 72.9 Å². The SMILES string of the molecule is CC(C)CCCCCCCOC(=O)CC(C(=O)OCCCCCCCC(C)C)S(=O)(=O)O.[Na]. The van der Waals surface area contributed by atoms with E-state index in [0.29, 0.717) is 24.7 Å². The normalized spacial score (nSPS) is 12.5. The van der Waals surface area contributed by atoms with E-state index in [-0.39, 0.29) is 42.8 Å². The van der Waals surface area contributed by atoms with Crippen LogP contribution in [-0.2, 0) is 29.2 Å². The van der Waals surface area contributed by atoms with Crippen LogP contribution in [0.5, 0.6) is 0 Å². The third-order valence-corrected chi connectivity index (χ3v) is 6.41. The van der Waals surface area contributed by atoms with Crippen LogP contribution in [0.25, 0.3) is 0 Å². The zero-order valence-electron chi connectivity index (χ0n) is 21.6. The Kier molecular flexibility index (Phi) is 22.5. The Morgan fingerprint density at radius 1 is 0.697 bits per heavy atom. The van der Waals surface area contributed by atoms with Crippen molar-refractivity contribution in [3.8, 4) is 0 Å². The van der Waals surface area contributed by atoms with E-state index >= 15 is 0 Å². The summed E-state index contributed by atoms with van der Waals surface area (Å²) in [6.45, 7) is 9.03. The van der Waals surface area contributed by atoms with Gasteiger partial charge in [-0.05, 0) is 24.7 Å². The van der Waals surface area contributed by atoms with Gasteiger partial charge in [0.2, 0.25) is 0 Å². The zero-order chi connectivity index (χ0) is 24.4. The molecule has 0 aliphatic heterocycles. The van der Waals surface area contributed by atoms with Crippen molar-refractivity contribution >= 4 is 51.6 Å². The van der Waals surface area contributed by atoms with Gasteiger partial charge in [0.25, 0.3) is 10.1 Å². The number of carbonyl (C=O) groups is 2. The van der Waals surface area contributed by atoms with E-state index in [0.717, 1.165) is 38.5 Å². The van der Waals surface area contributed by atoms with Gasteiger partial charge < -0.3 is 9.47 Å². The van der Waals surface area contributed by atoms with Crippen LogP contribution in [0.3, 0.4) is 0 Å². The predicted octanol–water partition coefficient (Wildman–Crippen LogP) is 5.33. The van der Waals surface area contributed by atoms with Crippen molar-refractivity contribution in [3.63, 3.8) is 0 Å². The van der Waals surface area contributed by atoms with Gasteiger partial charge in [-0.2, -0.15) is 8.42 Å². The summed E-state index contributed by atoms with van der Waals surface area (Å²) in [7, 11) is -4.75. The molecule has 0 fully saturated rings. The van der Waals surface area contributed by atoms with Gasteiger partial charge in [-0.3, -0.25) is 14.1 Å². The second-order valence-electron chi connectivity index (χ2n) is 9.50. The third-order valence-electron chi connectivity index (χ3n) is 5.33.